The molecule has 2 aromatic rings. The smallest absolute Gasteiger partial charge is 0.410 e. The lowest BCUT2D eigenvalue weighted by Crippen LogP contribution is -2.42. The fraction of sp³-hybridized carbons (Fsp3) is 0.350. The minimum Gasteiger partial charge on any atom is -0.444 e. The lowest BCUT2D eigenvalue weighted by atomic mass is 10.1. The highest BCUT2D eigenvalue weighted by Crippen LogP contribution is 2.25. The molecule has 0 atom stereocenters. The number of hydrogen-bond donors (Lipinski definition) is 0. The second-order valence-electron chi connectivity index (χ2n) is 7.96. The van der Waals surface area contributed by atoms with Crippen LogP contribution in [0.3, 0.4) is 0 Å². The van der Waals surface area contributed by atoms with Gasteiger partial charge in [-0.3, -0.25) is 9.59 Å². The highest BCUT2D eigenvalue weighted by atomic mass is 16.7. The first-order valence-electron chi connectivity index (χ1n) is 9.38. The maximum atomic E-state index is 12.7. The molecule has 3 heterocycles. The van der Waals surface area contributed by atoms with Crippen LogP contribution in [0.1, 0.15) is 57.7 Å². The van der Waals surface area contributed by atoms with Crippen LogP contribution >= 0.6 is 0 Å². The highest BCUT2D eigenvalue weighted by molar-refractivity contribution is 6.21. The van der Waals surface area contributed by atoms with Crippen molar-refractivity contribution in [1.29, 1.82) is 0 Å². The minimum absolute atomic E-state index is 0.0696. The van der Waals surface area contributed by atoms with Crippen molar-refractivity contribution in [2.24, 2.45) is 0 Å². The third-order valence-electron chi connectivity index (χ3n) is 4.67. The summed E-state index contributed by atoms with van der Waals surface area (Å²) >= 11 is 0. The average molecular weight is 412 g/mol. The summed E-state index contributed by atoms with van der Waals surface area (Å²) in [6.45, 7) is 6.20. The molecule has 0 bridgehead atoms. The van der Waals surface area contributed by atoms with E-state index in [1.807, 2.05) is 0 Å². The predicted octanol–water partition coefficient (Wildman–Crippen LogP) is 2.00. The van der Waals surface area contributed by atoms with E-state index < -0.39 is 29.5 Å². The van der Waals surface area contributed by atoms with E-state index in [1.54, 1.807) is 37.5 Å². The zero-order valence-corrected chi connectivity index (χ0v) is 16.7. The molecular weight excluding hydrogens is 392 g/mol. The Hall–Kier alpha value is -3.69. The van der Waals surface area contributed by atoms with Gasteiger partial charge in [0.2, 0.25) is 0 Å². The maximum Gasteiger partial charge on any atom is 0.410 e. The van der Waals surface area contributed by atoms with Gasteiger partial charge in [0, 0.05) is 13.1 Å². The van der Waals surface area contributed by atoms with E-state index in [9.17, 15) is 19.2 Å². The van der Waals surface area contributed by atoms with Gasteiger partial charge < -0.3 is 19.0 Å². The van der Waals surface area contributed by atoms with Gasteiger partial charge in [-0.05, 0) is 32.9 Å². The van der Waals surface area contributed by atoms with Crippen LogP contribution in [0.15, 0.2) is 30.6 Å². The van der Waals surface area contributed by atoms with Gasteiger partial charge in [-0.15, -0.1) is 0 Å². The monoisotopic (exact) mass is 412 g/mol. The number of rotatable bonds is 2. The summed E-state index contributed by atoms with van der Waals surface area (Å²) in [4.78, 5) is 60.5. The van der Waals surface area contributed by atoms with Crippen molar-refractivity contribution in [3.63, 3.8) is 0 Å². The van der Waals surface area contributed by atoms with E-state index >= 15 is 0 Å². The number of hydroxylamine groups is 2. The highest BCUT2D eigenvalue weighted by Gasteiger charge is 2.40. The summed E-state index contributed by atoms with van der Waals surface area (Å²) in [5.41, 5.74) is 0.0484. The standard InChI is InChI=1S/C20H20N4O6/c1-20(2,3)29-19(28)22-8-9-23-11-21-15(14(23)10-22)18(27)30-24-16(25)12-6-4-5-7-13(12)17(24)26/h4-7,11H,8-10H2,1-3H3. The molecule has 3 amide bonds. The number of imidazole rings is 1. The van der Waals surface area contributed by atoms with Crippen molar-refractivity contribution in [3.8, 4) is 0 Å². The summed E-state index contributed by atoms with van der Waals surface area (Å²) in [5.74, 6) is -2.39. The molecule has 0 radical (unpaired) electrons. The number of amides is 3. The molecule has 0 N–H and O–H groups in total. The first-order valence-corrected chi connectivity index (χ1v) is 9.38. The second-order valence-corrected chi connectivity index (χ2v) is 7.96. The fourth-order valence-electron chi connectivity index (χ4n) is 3.28. The molecular formula is C20H20N4O6. The third-order valence-corrected chi connectivity index (χ3v) is 4.67. The second kappa shape index (κ2) is 6.97. The van der Waals surface area contributed by atoms with Crippen LogP contribution in [0.5, 0.6) is 0 Å². The Balaban J connectivity index is 1.51. The number of hydrogen-bond acceptors (Lipinski definition) is 7. The topological polar surface area (TPSA) is 111 Å². The Morgan fingerprint density at radius 1 is 1.03 bits per heavy atom. The number of imide groups is 1. The van der Waals surface area contributed by atoms with E-state index in [4.69, 9.17) is 9.57 Å². The third kappa shape index (κ3) is 3.40. The quantitative estimate of drug-likeness (QED) is 0.694. The van der Waals surface area contributed by atoms with Gasteiger partial charge in [-0.2, -0.15) is 0 Å². The average Bonchev–Trinajstić information content (AvgIpc) is 3.21. The number of fused-ring (bicyclic) bond motifs is 2. The maximum absolute atomic E-state index is 12.7. The summed E-state index contributed by atoms with van der Waals surface area (Å²) in [6.07, 6.45) is 0.954. The van der Waals surface area contributed by atoms with Gasteiger partial charge in [-0.1, -0.05) is 17.2 Å². The summed E-state index contributed by atoms with van der Waals surface area (Å²) < 4.78 is 7.11. The van der Waals surface area contributed by atoms with E-state index in [0.29, 0.717) is 23.8 Å². The van der Waals surface area contributed by atoms with Crippen LogP contribution in [0.2, 0.25) is 0 Å². The predicted molar refractivity (Wildman–Crippen MR) is 101 cm³/mol. The number of carbonyl (C=O) groups is 4. The van der Waals surface area contributed by atoms with Crippen LogP contribution in [-0.2, 0) is 22.7 Å². The van der Waals surface area contributed by atoms with Crippen LogP contribution in [-0.4, -0.2) is 55.5 Å². The molecule has 2 aliphatic heterocycles. The van der Waals surface area contributed by atoms with Crippen molar-refractivity contribution in [3.05, 3.63) is 53.1 Å². The van der Waals surface area contributed by atoms with Crippen molar-refractivity contribution in [2.75, 3.05) is 6.54 Å². The van der Waals surface area contributed by atoms with E-state index in [1.165, 1.54) is 23.4 Å². The zero-order valence-electron chi connectivity index (χ0n) is 16.7. The van der Waals surface area contributed by atoms with Gasteiger partial charge in [0.25, 0.3) is 11.8 Å². The molecule has 0 saturated heterocycles. The molecule has 30 heavy (non-hydrogen) atoms. The van der Waals surface area contributed by atoms with Crippen LogP contribution in [0, 0.1) is 0 Å². The molecule has 0 unspecified atom stereocenters. The van der Waals surface area contributed by atoms with E-state index in [0.717, 1.165) is 0 Å². The zero-order chi connectivity index (χ0) is 21.6. The molecule has 0 spiro atoms. The van der Waals surface area contributed by atoms with Gasteiger partial charge >= 0.3 is 12.1 Å². The van der Waals surface area contributed by atoms with Gasteiger partial charge in [0.15, 0.2) is 5.69 Å². The van der Waals surface area contributed by atoms with E-state index in [-0.39, 0.29) is 23.4 Å². The van der Waals surface area contributed by atoms with Crippen LogP contribution in [0.25, 0.3) is 0 Å². The van der Waals surface area contributed by atoms with Crippen molar-refractivity contribution in [2.45, 2.75) is 39.5 Å². The van der Waals surface area contributed by atoms with Gasteiger partial charge in [0.1, 0.15) is 5.60 Å². The van der Waals surface area contributed by atoms with E-state index in [2.05, 4.69) is 4.98 Å². The largest absolute Gasteiger partial charge is 0.444 e. The number of carbonyl (C=O) groups excluding carboxylic acids is 4. The molecule has 0 fully saturated rings. The molecule has 0 aliphatic carbocycles. The Morgan fingerprint density at radius 3 is 2.27 bits per heavy atom. The Labute approximate surface area is 171 Å². The molecule has 10 heteroatoms. The van der Waals surface area contributed by atoms with Crippen molar-refractivity contribution in [1.82, 2.24) is 19.5 Å². The molecule has 1 aromatic carbocycles. The molecule has 1 aromatic heterocycles. The Morgan fingerprint density at radius 2 is 1.67 bits per heavy atom. The lowest BCUT2D eigenvalue weighted by Gasteiger charge is -2.31. The molecule has 2 aliphatic rings. The van der Waals surface area contributed by atoms with Crippen molar-refractivity contribution < 1.29 is 28.8 Å². The SMILES string of the molecule is CC(C)(C)OC(=O)N1CCn2cnc(C(=O)ON3C(=O)c4ccccc4C3=O)c2C1. The molecule has 156 valence electrons. The normalized spacial score (nSPS) is 15.7. The summed E-state index contributed by atoms with van der Waals surface area (Å²) in [5, 5.41) is 0.438. The first kappa shape index (κ1) is 19.6. The van der Waals surface area contributed by atoms with Gasteiger partial charge in [-0.25, -0.2) is 14.6 Å². The lowest BCUT2D eigenvalue weighted by molar-refractivity contribution is -0.0589. The summed E-state index contributed by atoms with van der Waals surface area (Å²) in [6, 6.07) is 6.21. The Kier molecular flexibility index (Phi) is 4.56. The minimum atomic E-state index is -0.954. The van der Waals surface area contributed by atoms with Gasteiger partial charge in [0.05, 0.1) is 29.7 Å². The van der Waals surface area contributed by atoms with Crippen LogP contribution < -0.4 is 0 Å². The molecule has 4 rings (SSSR count). The number of nitrogens with zero attached hydrogens (tertiary/aromatic N) is 4. The fourth-order valence-corrected chi connectivity index (χ4v) is 3.28. The molecule has 10 nitrogen and oxygen atoms in total. The molecule has 0 saturated carbocycles. The summed E-state index contributed by atoms with van der Waals surface area (Å²) in [7, 11) is 0. The van der Waals surface area contributed by atoms with Crippen molar-refractivity contribution >= 4 is 23.9 Å². The number of aromatic nitrogens is 2. The Bertz CT molecular complexity index is 1030. The first-order chi connectivity index (χ1) is 14.2. The van der Waals surface area contributed by atoms with Crippen LogP contribution in [0.4, 0.5) is 4.79 Å². The number of benzene rings is 1. The number of ether oxygens (including phenoxy) is 1.